The van der Waals surface area contributed by atoms with Crippen LogP contribution in [0.5, 0.6) is 11.5 Å². The van der Waals surface area contributed by atoms with Crippen molar-refractivity contribution >= 4 is 17.9 Å². The van der Waals surface area contributed by atoms with Crippen LogP contribution in [0.2, 0.25) is 5.02 Å². The smallest absolute Gasteiger partial charge is 0.156 e. The third-order valence-corrected chi connectivity index (χ3v) is 2.50. The second kappa shape index (κ2) is 4.97. The Morgan fingerprint density at radius 3 is 2.47 bits per heavy atom. The Morgan fingerprint density at radius 1 is 1.06 bits per heavy atom. The number of hydrogen-bond acceptors (Lipinski definition) is 2. The summed E-state index contributed by atoms with van der Waals surface area (Å²) >= 11 is 5.90. The second-order valence-electron chi connectivity index (χ2n) is 3.30. The van der Waals surface area contributed by atoms with Crippen molar-refractivity contribution in [2.24, 2.45) is 0 Å². The molecule has 0 bridgehead atoms. The van der Waals surface area contributed by atoms with Crippen LogP contribution in [0.15, 0.2) is 42.5 Å². The predicted octanol–water partition coefficient (Wildman–Crippen LogP) is 4.08. The van der Waals surface area contributed by atoms with Crippen molar-refractivity contribution in [1.82, 2.24) is 0 Å². The number of benzene rings is 2. The third kappa shape index (κ3) is 2.45. The van der Waals surface area contributed by atoms with Crippen molar-refractivity contribution in [1.29, 1.82) is 0 Å². The molecule has 0 radical (unpaired) electrons. The summed E-state index contributed by atoms with van der Waals surface area (Å²) in [4.78, 5) is 10.8. The summed E-state index contributed by atoms with van der Waals surface area (Å²) in [5.41, 5.74) is -0.118. The first-order valence-electron chi connectivity index (χ1n) is 4.88. The van der Waals surface area contributed by atoms with Crippen LogP contribution < -0.4 is 4.74 Å². The van der Waals surface area contributed by atoms with Crippen LogP contribution in [0.1, 0.15) is 10.4 Å². The fraction of sp³-hybridized carbons (Fsp3) is 0. The van der Waals surface area contributed by atoms with Gasteiger partial charge in [-0.3, -0.25) is 4.79 Å². The first kappa shape index (κ1) is 11.6. The zero-order valence-electron chi connectivity index (χ0n) is 8.69. The van der Waals surface area contributed by atoms with Gasteiger partial charge >= 0.3 is 0 Å². The first-order chi connectivity index (χ1) is 8.22. The normalized spacial score (nSPS) is 10.0. The van der Waals surface area contributed by atoms with E-state index in [1.807, 2.05) is 0 Å². The molecule has 2 nitrogen and oxygen atoms in total. The SMILES string of the molecule is O=Cc1c(F)cccc1Oc1ccccc1Cl. The summed E-state index contributed by atoms with van der Waals surface area (Å²) in [5, 5.41) is 0.397. The molecule has 0 fully saturated rings. The van der Waals surface area contributed by atoms with Crippen LogP contribution in [0.25, 0.3) is 0 Å². The van der Waals surface area contributed by atoms with Crippen molar-refractivity contribution in [2.45, 2.75) is 0 Å². The van der Waals surface area contributed by atoms with Crippen molar-refractivity contribution in [3.63, 3.8) is 0 Å². The highest BCUT2D eigenvalue weighted by Gasteiger charge is 2.10. The Bertz CT molecular complexity index is 555. The topological polar surface area (TPSA) is 26.3 Å². The van der Waals surface area contributed by atoms with Gasteiger partial charge in [-0.1, -0.05) is 29.8 Å². The van der Waals surface area contributed by atoms with E-state index in [1.54, 1.807) is 24.3 Å². The molecule has 2 aromatic rings. The summed E-state index contributed by atoms with van der Waals surface area (Å²) < 4.78 is 18.7. The van der Waals surface area contributed by atoms with Crippen LogP contribution in [-0.4, -0.2) is 6.29 Å². The monoisotopic (exact) mass is 250 g/mol. The molecule has 17 heavy (non-hydrogen) atoms. The maximum Gasteiger partial charge on any atom is 0.156 e. The molecule has 4 heteroatoms. The van der Waals surface area contributed by atoms with Crippen molar-refractivity contribution in [3.05, 3.63) is 58.9 Å². The summed E-state index contributed by atoms with van der Waals surface area (Å²) in [5.74, 6) is -0.0967. The van der Waals surface area contributed by atoms with Gasteiger partial charge in [0.15, 0.2) is 6.29 Å². The molecule has 0 aliphatic heterocycles. The predicted molar refractivity (Wildman–Crippen MR) is 63.3 cm³/mol. The number of ether oxygens (including phenoxy) is 1. The number of para-hydroxylation sites is 1. The molecular formula is C13H8ClFO2. The Morgan fingerprint density at radius 2 is 1.76 bits per heavy atom. The van der Waals surface area contributed by atoms with Crippen LogP contribution in [0.4, 0.5) is 4.39 Å². The lowest BCUT2D eigenvalue weighted by molar-refractivity contribution is 0.111. The molecule has 0 N–H and O–H groups in total. The fourth-order valence-electron chi connectivity index (χ4n) is 1.37. The van der Waals surface area contributed by atoms with E-state index in [-0.39, 0.29) is 11.3 Å². The Labute approximate surface area is 103 Å². The molecule has 0 saturated carbocycles. The lowest BCUT2D eigenvalue weighted by Gasteiger charge is -2.09. The standard InChI is InChI=1S/C13H8ClFO2/c14-10-4-1-2-6-13(10)17-12-7-3-5-11(15)9(12)8-16/h1-8H. The molecule has 0 aliphatic rings. The number of halogens is 2. The van der Waals surface area contributed by atoms with Gasteiger partial charge in [-0.05, 0) is 24.3 Å². The molecule has 0 unspecified atom stereocenters. The van der Waals surface area contributed by atoms with E-state index in [1.165, 1.54) is 18.2 Å². The highest BCUT2D eigenvalue weighted by Crippen LogP contribution is 2.31. The largest absolute Gasteiger partial charge is 0.455 e. The molecule has 2 aromatic carbocycles. The number of aldehydes is 1. The van der Waals surface area contributed by atoms with Gasteiger partial charge in [0.25, 0.3) is 0 Å². The lowest BCUT2D eigenvalue weighted by atomic mass is 10.2. The van der Waals surface area contributed by atoms with Gasteiger partial charge in [-0.25, -0.2) is 4.39 Å². The molecule has 86 valence electrons. The fourth-order valence-corrected chi connectivity index (χ4v) is 1.54. The van der Waals surface area contributed by atoms with Crippen LogP contribution in [-0.2, 0) is 0 Å². The number of carbonyl (C=O) groups is 1. The summed E-state index contributed by atoms with van der Waals surface area (Å²) in [7, 11) is 0. The number of rotatable bonds is 3. The zero-order valence-corrected chi connectivity index (χ0v) is 9.45. The van der Waals surface area contributed by atoms with Crippen molar-refractivity contribution in [3.8, 4) is 11.5 Å². The summed E-state index contributed by atoms with van der Waals surface area (Å²) in [6.45, 7) is 0. The van der Waals surface area contributed by atoms with Gasteiger partial charge in [0.1, 0.15) is 17.3 Å². The van der Waals surface area contributed by atoms with E-state index in [0.717, 1.165) is 0 Å². The van der Waals surface area contributed by atoms with E-state index in [2.05, 4.69) is 0 Å². The summed E-state index contributed by atoms with van der Waals surface area (Å²) in [6, 6.07) is 11.0. The second-order valence-corrected chi connectivity index (χ2v) is 3.71. The van der Waals surface area contributed by atoms with Gasteiger partial charge in [-0.2, -0.15) is 0 Å². The van der Waals surface area contributed by atoms with E-state index in [0.29, 0.717) is 17.1 Å². The van der Waals surface area contributed by atoms with Crippen LogP contribution in [0.3, 0.4) is 0 Å². The lowest BCUT2D eigenvalue weighted by Crippen LogP contribution is -1.94. The number of carbonyl (C=O) groups excluding carboxylic acids is 1. The van der Waals surface area contributed by atoms with E-state index >= 15 is 0 Å². The molecule has 0 spiro atoms. The molecular weight excluding hydrogens is 243 g/mol. The van der Waals surface area contributed by atoms with Gasteiger partial charge in [0.2, 0.25) is 0 Å². The van der Waals surface area contributed by atoms with Gasteiger partial charge in [0.05, 0.1) is 10.6 Å². The van der Waals surface area contributed by atoms with E-state index in [4.69, 9.17) is 16.3 Å². The van der Waals surface area contributed by atoms with Gasteiger partial charge < -0.3 is 4.74 Å². The minimum atomic E-state index is -0.621. The Hall–Kier alpha value is -1.87. The van der Waals surface area contributed by atoms with E-state index < -0.39 is 5.82 Å². The molecule has 0 heterocycles. The maximum atomic E-state index is 13.3. The van der Waals surface area contributed by atoms with Gasteiger partial charge in [0, 0.05) is 0 Å². The molecule has 0 aliphatic carbocycles. The molecule has 0 aromatic heterocycles. The summed E-state index contributed by atoms with van der Waals surface area (Å²) in [6.07, 6.45) is 0.418. The minimum absolute atomic E-state index is 0.118. The Kier molecular flexibility index (Phi) is 3.40. The molecule has 0 saturated heterocycles. The zero-order chi connectivity index (χ0) is 12.3. The Balaban J connectivity index is 2.40. The van der Waals surface area contributed by atoms with Crippen molar-refractivity contribution in [2.75, 3.05) is 0 Å². The molecule has 0 amide bonds. The quantitative estimate of drug-likeness (QED) is 0.767. The average Bonchev–Trinajstić information content (AvgIpc) is 2.32. The molecule has 2 rings (SSSR count). The maximum absolute atomic E-state index is 13.3. The van der Waals surface area contributed by atoms with Crippen LogP contribution >= 0.6 is 11.6 Å². The number of hydrogen-bond donors (Lipinski definition) is 0. The van der Waals surface area contributed by atoms with Crippen molar-refractivity contribution < 1.29 is 13.9 Å². The highest BCUT2D eigenvalue weighted by molar-refractivity contribution is 6.32. The van der Waals surface area contributed by atoms with E-state index in [9.17, 15) is 9.18 Å². The highest BCUT2D eigenvalue weighted by atomic mass is 35.5. The molecule has 0 atom stereocenters. The first-order valence-corrected chi connectivity index (χ1v) is 5.26. The van der Waals surface area contributed by atoms with Crippen LogP contribution in [0, 0.1) is 5.82 Å². The third-order valence-electron chi connectivity index (χ3n) is 2.19. The average molecular weight is 251 g/mol. The minimum Gasteiger partial charge on any atom is -0.455 e. The van der Waals surface area contributed by atoms with Gasteiger partial charge in [-0.15, -0.1) is 0 Å².